The Morgan fingerprint density at radius 1 is 1.20 bits per heavy atom. The maximum Gasteiger partial charge on any atom is 0.230 e. The predicted molar refractivity (Wildman–Crippen MR) is 77.4 cm³/mol. The number of nitrogens with one attached hydrogen (secondary N) is 1. The minimum absolute atomic E-state index is 0.0770. The van der Waals surface area contributed by atoms with Gasteiger partial charge in [-0.15, -0.1) is 0 Å². The SMILES string of the molecule is CCOC(CNC(=O)C1(c2ccccc2)CC1)OCC. The first-order chi connectivity index (χ1) is 9.73. The van der Waals surface area contributed by atoms with Crippen molar-refractivity contribution in [2.75, 3.05) is 19.8 Å². The first-order valence-electron chi connectivity index (χ1n) is 7.30. The summed E-state index contributed by atoms with van der Waals surface area (Å²) in [7, 11) is 0. The number of hydrogen-bond donors (Lipinski definition) is 1. The molecule has 1 aromatic rings. The third kappa shape index (κ3) is 3.38. The molecular weight excluding hydrogens is 254 g/mol. The summed E-state index contributed by atoms with van der Waals surface area (Å²) in [5, 5.41) is 2.96. The van der Waals surface area contributed by atoms with Gasteiger partial charge in [-0.05, 0) is 32.3 Å². The van der Waals surface area contributed by atoms with Gasteiger partial charge in [0.05, 0.1) is 12.0 Å². The zero-order valence-electron chi connectivity index (χ0n) is 12.2. The van der Waals surface area contributed by atoms with E-state index < -0.39 is 0 Å². The lowest BCUT2D eigenvalue weighted by molar-refractivity contribution is -0.141. The van der Waals surface area contributed by atoms with Gasteiger partial charge in [-0.2, -0.15) is 0 Å². The number of carbonyl (C=O) groups is 1. The van der Waals surface area contributed by atoms with Crippen LogP contribution in [0.4, 0.5) is 0 Å². The van der Waals surface area contributed by atoms with Crippen LogP contribution in [0.3, 0.4) is 0 Å². The fraction of sp³-hybridized carbons (Fsp3) is 0.562. The highest BCUT2D eigenvalue weighted by Crippen LogP contribution is 2.48. The smallest absolute Gasteiger partial charge is 0.230 e. The Labute approximate surface area is 120 Å². The third-order valence-corrected chi connectivity index (χ3v) is 3.65. The molecule has 0 unspecified atom stereocenters. The van der Waals surface area contributed by atoms with E-state index in [0.717, 1.165) is 18.4 Å². The molecule has 1 N–H and O–H groups in total. The van der Waals surface area contributed by atoms with E-state index in [1.165, 1.54) is 0 Å². The summed E-state index contributed by atoms with van der Waals surface area (Å²) < 4.78 is 10.9. The summed E-state index contributed by atoms with van der Waals surface area (Å²) in [6.07, 6.45) is 1.47. The highest BCUT2D eigenvalue weighted by atomic mass is 16.7. The first kappa shape index (κ1) is 15.0. The summed E-state index contributed by atoms with van der Waals surface area (Å²) >= 11 is 0. The molecule has 4 nitrogen and oxygen atoms in total. The zero-order chi connectivity index (χ0) is 14.4. The third-order valence-electron chi connectivity index (χ3n) is 3.65. The van der Waals surface area contributed by atoms with Crippen molar-refractivity contribution in [3.8, 4) is 0 Å². The van der Waals surface area contributed by atoms with E-state index in [1.807, 2.05) is 44.2 Å². The van der Waals surface area contributed by atoms with E-state index >= 15 is 0 Å². The number of ether oxygens (including phenoxy) is 2. The van der Waals surface area contributed by atoms with Gasteiger partial charge in [0.2, 0.25) is 5.91 Å². The van der Waals surface area contributed by atoms with Gasteiger partial charge in [-0.1, -0.05) is 30.3 Å². The normalized spacial score (nSPS) is 16.1. The molecule has 0 aromatic heterocycles. The Kier molecular flexibility index (Phi) is 5.15. The number of hydrogen-bond acceptors (Lipinski definition) is 3. The van der Waals surface area contributed by atoms with Gasteiger partial charge >= 0.3 is 0 Å². The molecule has 1 aromatic carbocycles. The molecule has 0 aliphatic heterocycles. The van der Waals surface area contributed by atoms with Crippen molar-refractivity contribution in [2.24, 2.45) is 0 Å². The minimum Gasteiger partial charge on any atom is -0.351 e. The van der Waals surface area contributed by atoms with Crippen molar-refractivity contribution in [1.29, 1.82) is 0 Å². The predicted octanol–water partition coefficient (Wildman–Crippen LogP) is 2.23. The second-order valence-corrected chi connectivity index (χ2v) is 5.00. The summed E-state index contributed by atoms with van der Waals surface area (Å²) in [5.41, 5.74) is 0.770. The molecule has 1 fully saturated rings. The van der Waals surface area contributed by atoms with E-state index in [2.05, 4.69) is 5.32 Å². The molecule has 0 spiro atoms. The van der Waals surface area contributed by atoms with Crippen LogP contribution in [0.25, 0.3) is 0 Å². The fourth-order valence-corrected chi connectivity index (χ4v) is 2.41. The Morgan fingerprint density at radius 3 is 2.30 bits per heavy atom. The van der Waals surface area contributed by atoms with Crippen LogP contribution in [-0.4, -0.2) is 32.0 Å². The largest absolute Gasteiger partial charge is 0.351 e. The van der Waals surface area contributed by atoms with Gasteiger partial charge in [-0.3, -0.25) is 4.79 Å². The summed E-state index contributed by atoms with van der Waals surface area (Å²) in [5.74, 6) is 0.0770. The molecule has 110 valence electrons. The summed E-state index contributed by atoms with van der Waals surface area (Å²) in [6.45, 7) is 5.38. The van der Waals surface area contributed by atoms with Gasteiger partial charge in [0, 0.05) is 13.2 Å². The summed E-state index contributed by atoms with van der Waals surface area (Å²) in [6, 6.07) is 9.97. The number of amides is 1. The Balaban J connectivity index is 1.92. The van der Waals surface area contributed by atoms with Crippen LogP contribution in [0.15, 0.2) is 30.3 Å². The lowest BCUT2D eigenvalue weighted by Gasteiger charge is -2.20. The van der Waals surface area contributed by atoms with E-state index in [-0.39, 0.29) is 17.6 Å². The zero-order valence-corrected chi connectivity index (χ0v) is 12.2. The van der Waals surface area contributed by atoms with Crippen molar-refractivity contribution >= 4 is 5.91 Å². The highest BCUT2D eigenvalue weighted by Gasteiger charge is 2.51. The Hall–Kier alpha value is -1.39. The van der Waals surface area contributed by atoms with Gasteiger partial charge in [0.1, 0.15) is 0 Å². The Bertz CT molecular complexity index is 423. The highest BCUT2D eigenvalue weighted by molar-refractivity contribution is 5.91. The molecule has 0 saturated heterocycles. The monoisotopic (exact) mass is 277 g/mol. The van der Waals surface area contributed by atoms with Crippen molar-refractivity contribution in [2.45, 2.75) is 38.4 Å². The second-order valence-electron chi connectivity index (χ2n) is 5.00. The van der Waals surface area contributed by atoms with Gasteiger partial charge < -0.3 is 14.8 Å². The van der Waals surface area contributed by atoms with Crippen molar-refractivity contribution in [3.63, 3.8) is 0 Å². The molecule has 1 aliphatic carbocycles. The van der Waals surface area contributed by atoms with Crippen LogP contribution in [0.5, 0.6) is 0 Å². The number of rotatable bonds is 8. The standard InChI is InChI=1S/C16H23NO3/c1-3-19-14(20-4-2)12-17-15(18)16(10-11-16)13-8-6-5-7-9-13/h5-9,14H,3-4,10-12H2,1-2H3,(H,17,18). The fourth-order valence-electron chi connectivity index (χ4n) is 2.41. The molecule has 1 amide bonds. The molecule has 1 aliphatic rings. The van der Waals surface area contributed by atoms with Crippen LogP contribution in [0.2, 0.25) is 0 Å². The maximum absolute atomic E-state index is 12.4. The van der Waals surface area contributed by atoms with E-state index in [9.17, 15) is 4.79 Å². The van der Waals surface area contributed by atoms with Crippen LogP contribution in [0, 0.1) is 0 Å². The minimum atomic E-state index is -0.361. The average molecular weight is 277 g/mol. The summed E-state index contributed by atoms with van der Waals surface area (Å²) in [4.78, 5) is 12.4. The molecule has 2 rings (SSSR count). The van der Waals surface area contributed by atoms with Gasteiger partial charge in [0.15, 0.2) is 6.29 Å². The molecule has 0 bridgehead atoms. The topological polar surface area (TPSA) is 47.6 Å². The molecule has 4 heteroatoms. The average Bonchev–Trinajstić information content (AvgIpc) is 3.27. The molecule has 0 radical (unpaired) electrons. The van der Waals surface area contributed by atoms with Gasteiger partial charge in [-0.25, -0.2) is 0 Å². The lowest BCUT2D eigenvalue weighted by Crippen LogP contribution is -2.40. The molecule has 1 saturated carbocycles. The Morgan fingerprint density at radius 2 is 1.80 bits per heavy atom. The number of carbonyl (C=O) groups excluding carboxylic acids is 1. The second kappa shape index (κ2) is 6.86. The number of benzene rings is 1. The van der Waals surface area contributed by atoms with Crippen LogP contribution in [0.1, 0.15) is 32.3 Å². The van der Waals surface area contributed by atoms with Crippen molar-refractivity contribution in [3.05, 3.63) is 35.9 Å². The first-order valence-corrected chi connectivity index (χ1v) is 7.30. The molecular formula is C16H23NO3. The molecule has 0 atom stereocenters. The molecule has 0 heterocycles. The lowest BCUT2D eigenvalue weighted by atomic mass is 9.95. The van der Waals surface area contributed by atoms with Crippen LogP contribution >= 0.6 is 0 Å². The van der Waals surface area contributed by atoms with E-state index in [4.69, 9.17) is 9.47 Å². The quantitative estimate of drug-likeness (QED) is 0.741. The molecule has 20 heavy (non-hydrogen) atoms. The van der Waals surface area contributed by atoms with Crippen molar-refractivity contribution in [1.82, 2.24) is 5.32 Å². The van der Waals surface area contributed by atoms with Crippen LogP contribution in [-0.2, 0) is 19.7 Å². The van der Waals surface area contributed by atoms with E-state index in [1.54, 1.807) is 0 Å². The van der Waals surface area contributed by atoms with Gasteiger partial charge in [0.25, 0.3) is 0 Å². The van der Waals surface area contributed by atoms with Crippen molar-refractivity contribution < 1.29 is 14.3 Å². The van der Waals surface area contributed by atoms with E-state index in [0.29, 0.717) is 19.8 Å². The van der Waals surface area contributed by atoms with Crippen LogP contribution < -0.4 is 5.32 Å². The maximum atomic E-state index is 12.4.